The van der Waals surface area contributed by atoms with Crippen molar-refractivity contribution in [3.63, 3.8) is 0 Å². The standard InChI is InChI=1S/C13H14N2O2S2/c16-9-5-6-15(7-9)12(17)8-18-13-14-10-3-1-2-4-11(10)19-13/h1-4,9,16H,5-8H2. The Bertz CT molecular complexity index is 566. The van der Waals surface area contributed by atoms with Gasteiger partial charge in [0.1, 0.15) is 0 Å². The van der Waals surface area contributed by atoms with Crippen molar-refractivity contribution in [3.8, 4) is 0 Å². The number of nitrogens with zero attached hydrogens (tertiary/aromatic N) is 2. The average molecular weight is 294 g/mol. The van der Waals surface area contributed by atoms with Gasteiger partial charge >= 0.3 is 0 Å². The predicted octanol–water partition coefficient (Wildman–Crippen LogP) is 1.98. The topological polar surface area (TPSA) is 53.4 Å². The van der Waals surface area contributed by atoms with Gasteiger partial charge in [0.15, 0.2) is 4.34 Å². The number of benzene rings is 1. The van der Waals surface area contributed by atoms with Gasteiger partial charge in [0.2, 0.25) is 5.91 Å². The number of hydrogen-bond acceptors (Lipinski definition) is 5. The second-order valence-corrected chi connectivity index (χ2v) is 6.77. The molecule has 0 saturated carbocycles. The van der Waals surface area contributed by atoms with Crippen molar-refractivity contribution < 1.29 is 9.90 Å². The summed E-state index contributed by atoms with van der Waals surface area (Å²) in [6.45, 7) is 1.14. The van der Waals surface area contributed by atoms with Crippen LogP contribution in [0.2, 0.25) is 0 Å². The highest BCUT2D eigenvalue weighted by Crippen LogP contribution is 2.29. The third-order valence-corrected chi connectivity index (χ3v) is 5.27. The molecule has 1 fully saturated rings. The van der Waals surface area contributed by atoms with Gasteiger partial charge in [0.05, 0.1) is 22.1 Å². The SMILES string of the molecule is O=C(CSc1nc2ccccc2s1)N1CCC(O)C1. The van der Waals surface area contributed by atoms with Gasteiger partial charge in [0.25, 0.3) is 0 Å². The number of para-hydroxylation sites is 1. The molecule has 100 valence electrons. The fourth-order valence-corrected chi connectivity index (χ4v) is 4.07. The molecular weight excluding hydrogens is 280 g/mol. The van der Waals surface area contributed by atoms with Gasteiger partial charge in [0, 0.05) is 13.1 Å². The maximum atomic E-state index is 12.0. The first-order valence-electron chi connectivity index (χ1n) is 6.16. The summed E-state index contributed by atoms with van der Waals surface area (Å²) in [4.78, 5) is 18.2. The van der Waals surface area contributed by atoms with Crippen LogP contribution in [-0.2, 0) is 4.79 Å². The molecule has 1 aliphatic heterocycles. The molecule has 1 N–H and O–H groups in total. The highest BCUT2D eigenvalue weighted by atomic mass is 32.2. The minimum atomic E-state index is -0.351. The molecule has 0 spiro atoms. The van der Waals surface area contributed by atoms with Crippen LogP contribution in [-0.4, -0.2) is 45.8 Å². The van der Waals surface area contributed by atoms with Crippen molar-refractivity contribution >= 4 is 39.2 Å². The Morgan fingerprint density at radius 2 is 2.37 bits per heavy atom. The van der Waals surface area contributed by atoms with E-state index in [9.17, 15) is 9.90 Å². The van der Waals surface area contributed by atoms with Gasteiger partial charge in [-0.15, -0.1) is 11.3 Å². The summed E-state index contributed by atoms with van der Waals surface area (Å²) in [7, 11) is 0. The van der Waals surface area contributed by atoms with Crippen LogP contribution in [0.5, 0.6) is 0 Å². The maximum absolute atomic E-state index is 12.0. The summed E-state index contributed by atoms with van der Waals surface area (Å²) in [6.07, 6.45) is 0.341. The Balaban J connectivity index is 1.61. The van der Waals surface area contributed by atoms with E-state index >= 15 is 0 Å². The first kappa shape index (κ1) is 12.9. The smallest absolute Gasteiger partial charge is 0.233 e. The molecule has 0 radical (unpaired) electrons. The minimum Gasteiger partial charge on any atom is -0.391 e. The second kappa shape index (κ2) is 5.48. The van der Waals surface area contributed by atoms with E-state index in [1.807, 2.05) is 24.3 Å². The van der Waals surface area contributed by atoms with Crippen LogP contribution in [0.25, 0.3) is 10.2 Å². The molecule has 1 aromatic carbocycles. The van der Waals surface area contributed by atoms with Crippen molar-refractivity contribution in [2.45, 2.75) is 16.9 Å². The van der Waals surface area contributed by atoms with Gasteiger partial charge in [-0.05, 0) is 18.6 Å². The van der Waals surface area contributed by atoms with E-state index in [2.05, 4.69) is 4.98 Å². The molecule has 2 heterocycles. The highest BCUT2D eigenvalue weighted by molar-refractivity contribution is 8.01. The zero-order chi connectivity index (χ0) is 13.2. The molecular formula is C13H14N2O2S2. The highest BCUT2D eigenvalue weighted by Gasteiger charge is 2.24. The van der Waals surface area contributed by atoms with Crippen LogP contribution in [0.3, 0.4) is 0 Å². The molecule has 0 aliphatic carbocycles. The lowest BCUT2D eigenvalue weighted by Gasteiger charge is -2.14. The molecule has 1 aliphatic rings. The van der Waals surface area contributed by atoms with Crippen LogP contribution in [0.1, 0.15) is 6.42 Å². The lowest BCUT2D eigenvalue weighted by Crippen LogP contribution is -2.30. The fourth-order valence-electron chi connectivity index (χ4n) is 2.10. The molecule has 2 aromatic rings. The van der Waals surface area contributed by atoms with E-state index in [-0.39, 0.29) is 12.0 Å². The summed E-state index contributed by atoms with van der Waals surface area (Å²) in [6, 6.07) is 7.98. The van der Waals surface area contributed by atoms with E-state index < -0.39 is 0 Å². The number of amides is 1. The lowest BCUT2D eigenvalue weighted by atomic mass is 10.3. The number of aliphatic hydroxyl groups excluding tert-OH is 1. The number of rotatable bonds is 3. The quantitative estimate of drug-likeness (QED) is 0.880. The summed E-state index contributed by atoms with van der Waals surface area (Å²) in [5.41, 5.74) is 0.985. The minimum absolute atomic E-state index is 0.0841. The Morgan fingerprint density at radius 3 is 3.11 bits per heavy atom. The average Bonchev–Trinajstić information content (AvgIpc) is 3.01. The van der Waals surface area contributed by atoms with E-state index in [4.69, 9.17) is 0 Å². The molecule has 1 saturated heterocycles. The van der Waals surface area contributed by atoms with E-state index in [0.717, 1.165) is 14.6 Å². The van der Waals surface area contributed by atoms with Crippen molar-refractivity contribution in [2.75, 3.05) is 18.8 Å². The Hall–Kier alpha value is -1.11. The normalized spacial score (nSPS) is 19.2. The van der Waals surface area contributed by atoms with Gasteiger partial charge in [-0.25, -0.2) is 4.98 Å². The molecule has 1 atom stereocenters. The zero-order valence-corrected chi connectivity index (χ0v) is 11.9. The molecule has 0 bridgehead atoms. The molecule has 3 rings (SSSR count). The fraction of sp³-hybridized carbons (Fsp3) is 0.385. The number of likely N-dealkylation sites (tertiary alicyclic amines) is 1. The Morgan fingerprint density at radius 1 is 1.53 bits per heavy atom. The number of carbonyl (C=O) groups excluding carboxylic acids is 1. The number of carbonyl (C=O) groups is 1. The van der Waals surface area contributed by atoms with Crippen molar-refractivity contribution in [1.29, 1.82) is 0 Å². The van der Waals surface area contributed by atoms with Gasteiger partial charge < -0.3 is 10.0 Å². The number of aromatic nitrogens is 1. The summed E-state index contributed by atoms with van der Waals surface area (Å²) >= 11 is 3.09. The largest absolute Gasteiger partial charge is 0.391 e. The third-order valence-electron chi connectivity index (χ3n) is 3.11. The molecule has 4 nitrogen and oxygen atoms in total. The number of thioether (sulfide) groups is 1. The van der Waals surface area contributed by atoms with Crippen LogP contribution in [0.4, 0.5) is 0 Å². The monoisotopic (exact) mass is 294 g/mol. The van der Waals surface area contributed by atoms with E-state index in [1.165, 1.54) is 11.8 Å². The van der Waals surface area contributed by atoms with Crippen molar-refractivity contribution in [1.82, 2.24) is 9.88 Å². The van der Waals surface area contributed by atoms with Gasteiger partial charge in [-0.2, -0.15) is 0 Å². The molecule has 6 heteroatoms. The third kappa shape index (κ3) is 2.91. The van der Waals surface area contributed by atoms with Crippen LogP contribution in [0, 0.1) is 0 Å². The van der Waals surface area contributed by atoms with Crippen molar-refractivity contribution in [3.05, 3.63) is 24.3 Å². The summed E-state index contributed by atoms with van der Waals surface area (Å²) < 4.78 is 2.07. The van der Waals surface area contributed by atoms with Crippen LogP contribution >= 0.6 is 23.1 Å². The predicted molar refractivity (Wildman–Crippen MR) is 77.5 cm³/mol. The van der Waals surface area contributed by atoms with E-state index in [1.54, 1.807) is 16.2 Å². The zero-order valence-electron chi connectivity index (χ0n) is 10.3. The summed E-state index contributed by atoms with van der Waals surface area (Å²) in [5, 5.41) is 9.42. The first-order valence-corrected chi connectivity index (χ1v) is 7.97. The first-order chi connectivity index (χ1) is 9.22. The Kier molecular flexibility index (Phi) is 3.72. The summed E-state index contributed by atoms with van der Waals surface area (Å²) in [5.74, 6) is 0.479. The van der Waals surface area contributed by atoms with Gasteiger partial charge in [-0.1, -0.05) is 23.9 Å². The second-order valence-electron chi connectivity index (χ2n) is 4.52. The van der Waals surface area contributed by atoms with Crippen LogP contribution < -0.4 is 0 Å². The number of hydrogen-bond donors (Lipinski definition) is 1. The number of thiazole rings is 1. The maximum Gasteiger partial charge on any atom is 0.233 e. The van der Waals surface area contributed by atoms with Crippen LogP contribution in [0.15, 0.2) is 28.6 Å². The van der Waals surface area contributed by atoms with Gasteiger partial charge in [-0.3, -0.25) is 4.79 Å². The van der Waals surface area contributed by atoms with E-state index in [0.29, 0.717) is 25.3 Å². The Labute approximate surface area is 119 Å². The number of fused-ring (bicyclic) bond motifs is 1. The lowest BCUT2D eigenvalue weighted by molar-refractivity contribution is -0.127. The number of aliphatic hydroxyl groups is 1. The molecule has 19 heavy (non-hydrogen) atoms. The number of β-amino-alcohol motifs (C(OH)–C–C–N with tert-alkyl or cyclic N) is 1. The van der Waals surface area contributed by atoms with Crippen molar-refractivity contribution in [2.24, 2.45) is 0 Å². The molecule has 1 unspecified atom stereocenters. The molecule has 1 amide bonds. The molecule has 1 aromatic heterocycles.